The number of nitrogens with zero attached hydrogens (tertiary/aromatic N) is 1. The van der Waals surface area contributed by atoms with E-state index in [0.29, 0.717) is 0 Å². The van der Waals surface area contributed by atoms with Crippen molar-refractivity contribution in [3.63, 3.8) is 0 Å². The largest absolute Gasteiger partial charge is 0.338 e. The number of likely N-dealkylation sites (tertiary alicyclic amines) is 1. The summed E-state index contributed by atoms with van der Waals surface area (Å²) in [5.74, 6) is 0.234. The standard InChI is InChI=1S/C21H24N2O2S/c1-14-6-2-3-7-17(14)22-20(24)15-8-9-18-16(12-15)13-19(26-18)21(25)23-10-4-5-11-23/h2-3,6-7,13,15H,4-5,8-12H2,1H3,(H,22,24). The van der Waals surface area contributed by atoms with E-state index < -0.39 is 0 Å². The van der Waals surface area contributed by atoms with Gasteiger partial charge in [0.25, 0.3) is 5.91 Å². The van der Waals surface area contributed by atoms with Crippen molar-refractivity contribution in [1.82, 2.24) is 4.90 Å². The van der Waals surface area contributed by atoms with Crippen LogP contribution in [-0.4, -0.2) is 29.8 Å². The molecule has 1 aromatic heterocycles. The Bertz CT molecular complexity index is 836. The van der Waals surface area contributed by atoms with Crippen molar-refractivity contribution >= 4 is 28.8 Å². The molecule has 1 fully saturated rings. The first kappa shape index (κ1) is 17.3. The molecular weight excluding hydrogens is 344 g/mol. The number of rotatable bonds is 3. The smallest absolute Gasteiger partial charge is 0.263 e. The summed E-state index contributed by atoms with van der Waals surface area (Å²) in [6.07, 6.45) is 4.69. The molecule has 5 heteroatoms. The number of benzene rings is 1. The number of carbonyl (C=O) groups is 2. The van der Waals surface area contributed by atoms with Crippen molar-refractivity contribution in [1.29, 1.82) is 0 Å². The van der Waals surface area contributed by atoms with E-state index in [1.807, 2.05) is 42.2 Å². The molecule has 0 bridgehead atoms. The summed E-state index contributed by atoms with van der Waals surface area (Å²) in [4.78, 5) is 29.4. The van der Waals surface area contributed by atoms with Crippen LogP contribution in [-0.2, 0) is 17.6 Å². The maximum Gasteiger partial charge on any atom is 0.263 e. The van der Waals surface area contributed by atoms with Crippen molar-refractivity contribution in [3.05, 3.63) is 51.2 Å². The second-order valence-electron chi connectivity index (χ2n) is 7.30. The maximum atomic E-state index is 12.7. The third kappa shape index (κ3) is 3.40. The van der Waals surface area contributed by atoms with E-state index in [1.54, 1.807) is 11.3 Å². The Morgan fingerprint density at radius 2 is 1.96 bits per heavy atom. The molecule has 2 amide bonds. The van der Waals surface area contributed by atoms with Gasteiger partial charge in [-0.2, -0.15) is 0 Å². The molecule has 2 aromatic rings. The number of carbonyl (C=O) groups excluding carboxylic acids is 2. The second kappa shape index (κ2) is 7.23. The van der Waals surface area contributed by atoms with Crippen molar-refractivity contribution in [2.75, 3.05) is 18.4 Å². The number of fused-ring (bicyclic) bond motifs is 1. The molecular formula is C21H24N2O2S. The zero-order chi connectivity index (χ0) is 18.1. The van der Waals surface area contributed by atoms with E-state index in [0.717, 1.165) is 61.3 Å². The van der Waals surface area contributed by atoms with Crippen LogP contribution in [0.15, 0.2) is 30.3 Å². The van der Waals surface area contributed by atoms with E-state index in [-0.39, 0.29) is 17.7 Å². The summed E-state index contributed by atoms with van der Waals surface area (Å²) in [6, 6.07) is 9.90. The molecule has 1 saturated heterocycles. The lowest BCUT2D eigenvalue weighted by molar-refractivity contribution is -0.120. The van der Waals surface area contributed by atoms with Crippen molar-refractivity contribution in [2.24, 2.45) is 5.92 Å². The zero-order valence-electron chi connectivity index (χ0n) is 15.1. The second-order valence-corrected chi connectivity index (χ2v) is 8.44. The predicted molar refractivity (Wildman–Crippen MR) is 105 cm³/mol. The highest BCUT2D eigenvalue weighted by Crippen LogP contribution is 2.34. The first-order chi connectivity index (χ1) is 12.6. The summed E-state index contributed by atoms with van der Waals surface area (Å²) in [5, 5.41) is 3.07. The monoisotopic (exact) mass is 368 g/mol. The molecule has 0 spiro atoms. The van der Waals surface area contributed by atoms with Gasteiger partial charge in [0.2, 0.25) is 5.91 Å². The van der Waals surface area contributed by atoms with Gasteiger partial charge < -0.3 is 10.2 Å². The quantitative estimate of drug-likeness (QED) is 0.889. The molecule has 2 heterocycles. The Morgan fingerprint density at radius 3 is 2.73 bits per heavy atom. The van der Waals surface area contributed by atoms with Gasteiger partial charge in [-0.1, -0.05) is 18.2 Å². The predicted octanol–water partition coefficient (Wildman–Crippen LogP) is 4.04. The van der Waals surface area contributed by atoms with E-state index >= 15 is 0 Å². The molecule has 136 valence electrons. The Labute approximate surface area is 158 Å². The zero-order valence-corrected chi connectivity index (χ0v) is 15.9. The van der Waals surface area contributed by atoms with E-state index in [9.17, 15) is 9.59 Å². The van der Waals surface area contributed by atoms with Crippen LogP contribution in [0, 0.1) is 12.8 Å². The topological polar surface area (TPSA) is 49.4 Å². The number of hydrogen-bond acceptors (Lipinski definition) is 3. The SMILES string of the molecule is Cc1ccccc1NC(=O)C1CCc2sc(C(=O)N3CCCC3)cc2C1. The van der Waals surface area contributed by atoms with Crippen molar-refractivity contribution < 1.29 is 9.59 Å². The van der Waals surface area contributed by atoms with Gasteiger partial charge in [0.1, 0.15) is 0 Å². The summed E-state index contributed by atoms with van der Waals surface area (Å²) in [5.41, 5.74) is 3.15. The molecule has 1 aromatic carbocycles. The van der Waals surface area contributed by atoms with Crippen LogP contribution in [0.2, 0.25) is 0 Å². The average Bonchev–Trinajstić information content (AvgIpc) is 3.32. The minimum absolute atomic E-state index is 0.0218. The summed E-state index contributed by atoms with van der Waals surface area (Å²) < 4.78 is 0. The van der Waals surface area contributed by atoms with Crippen molar-refractivity contribution in [3.8, 4) is 0 Å². The molecule has 0 saturated carbocycles. The normalized spacial score (nSPS) is 19.3. The fourth-order valence-electron chi connectivity index (χ4n) is 3.88. The van der Waals surface area contributed by atoms with Crippen LogP contribution in [0.5, 0.6) is 0 Å². The van der Waals surface area contributed by atoms with Crippen LogP contribution >= 0.6 is 11.3 Å². The fraction of sp³-hybridized carbons (Fsp3) is 0.429. The van der Waals surface area contributed by atoms with Crippen LogP contribution in [0.1, 0.15) is 44.9 Å². The minimum atomic E-state index is -0.0218. The Balaban J connectivity index is 1.45. The number of aryl methyl sites for hydroxylation is 2. The molecule has 1 aliphatic heterocycles. The van der Waals surface area contributed by atoms with E-state index in [2.05, 4.69) is 5.32 Å². The Morgan fingerprint density at radius 1 is 1.19 bits per heavy atom. The fourth-order valence-corrected chi connectivity index (χ4v) is 5.05. The minimum Gasteiger partial charge on any atom is -0.338 e. The molecule has 1 atom stereocenters. The summed E-state index contributed by atoms with van der Waals surface area (Å²) in [6.45, 7) is 3.76. The van der Waals surface area contributed by atoms with E-state index in [4.69, 9.17) is 0 Å². The number of anilines is 1. The third-order valence-corrected chi connectivity index (χ3v) is 6.69. The first-order valence-electron chi connectivity index (χ1n) is 9.39. The lowest BCUT2D eigenvalue weighted by atomic mass is 9.87. The maximum absolute atomic E-state index is 12.7. The van der Waals surface area contributed by atoms with Crippen LogP contribution in [0.25, 0.3) is 0 Å². The van der Waals surface area contributed by atoms with Crippen LogP contribution < -0.4 is 5.32 Å². The number of thiophene rings is 1. The van der Waals surface area contributed by atoms with Gasteiger partial charge in [0, 0.05) is 29.6 Å². The highest BCUT2D eigenvalue weighted by molar-refractivity contribution is 7.14. The molecule has 0 radical (unpaired) electrons. The first-order valence-corrected chi connectivity index (χ1v) is 10.2. The lowest BCUT2D eigenvalue weighted by Gasteiger charge is -2.21. The summed E-state index contributed by atoms with van der Waals surface area (Å²) >= 11 is 1.63. The number of para-hydroxylation sites is 1. The van der Waals surface area contributed by atoms with E-state index in [1.165, 1.54) is 10.4 Å². The van der Waals surface area contributed by atoms with Gasteiger partial charge in [-0.3, -0.25) is 9.59 Å². The molecule has 1 unspecified atom stereocenters. The molecule has 4 rings (SSSR count). The molecule has 26 heavy (non-hydrogen) atoms. The van der Waals surface area contributed by atoms with Gasteiger partial charge in [-0.15, -0.1) is 11.3 Å². The van der Waals surface area contributed by atoms with Gasteiger partial charge in [-0.25, -0.2) is 0 Å². The number of amides is 2. The third-order valence-electron chi connectivity index (χ3n) is 5.46. The Hall–Kier alpha value is -2.14. The van der Waals surface area contributed by atoms with Gasteiger partial charge in [0.05, 0.1) is 4.88 Å². The highest BCUT2D eigenvalue weighted by Gasteiger charge is 2.29. The molecule has 2 aliphatic rings. The number of nitrogens with one attached hydrogen (secondary N) is 1. The van der Waals surface area contributed by atoms with Gasteiger partial charge in [-0.05, 0) is 62.3 Å². The van der Waals surface area contributed by atoms with Gasteiger partial charge >= 0.3 is 0 Å². The average molecular weight is 369 g/mol. The van der Waals surface area contributed by atoms with Crippen LogP contribution in [0.3, 0.4) is 0 Å². The molecule has 1 aliphatic carbocycles. The van der Waals surface area contributed by atoms with Crippen LogP contribution in [0.4, 0.5) is 5.69 Å². The van der Waals surface area contributed by atoms with Crippen molar-refractivity contribution in [2.45, 2.75) is 39.0 Å². The summed E-state index contributed by atoms with van der Waals surface area (Å²) in [7, 11) is 0. The highest BCUT2D eigenvalue weighted by atomic mass is 32.1. The van der Waals surface area contributed by atoms with Gasteiger partial charge in [0.15, 0.2) is 0 Å². The molecule has 1 N–H and O–H groups in total. The Kier molecular flexibility index (Phi) is 4.81. The lowest BCUT2D eigenvalue weighted by Crippen LogP contribution is -2.28. The number of hydrogen-bond donors (Lipinski definition) is 1. The molecule has 4 nitrogen and oxygen atoms in total.